The van der Waals surface area contributed by atoms with Crippen molar-refractivity contribution in [3.63, 3.8) is 0 Å². The van der Waals surface area contributed by atoms with Crippen LogP contribution < -0.4 is 5.73 Å². The minimum absolute atomic E-state index is 0.323. The van der Waals surface area contributed by atoms with E-state index in [2.05, 4.69) is 23.6 Å². The molecule has 0 aliphatic carbocycles. The second-order valence-electron chi connectivity index (χ2n) is 6.14. The van der Waals surface area contributed by atoms with E-state index in [4.69, 9.17) is 5.73 Å². The average Bonchev–Trinajstić information content (AvgIpc) is 2.78. The first kappa shape index (κ1) is 13.3. The molecule has 2 aliphatic rings. The lowest BCUT2D eigenvalue weighted by Gasteiger charge is -2.32. The molecule has 0 spiro atoms. The van der Waals surface area contributed by atoms with Gasteiger partial charge in [0, 0.05) is 25.2 Å². The molecule has 2 aliphatic heterocycles. The van der Waals surface area contributed by atoms with Gasteiger partial charge in [-0.05, 0) is 51.7 Å². The Morgan fingerprint density at radius 2 is 1.82 bits per heavy atom. The first-order valence-corrected chi connectivity index (χ1v) is 7.39. The number of hydrogen-bond donors (Lipinski definition) is 1. The summed E-state index contributed by atoms with van der Waals surface area (Å²) in [7, 11) is 0. The number of rotatable bonds is 4. The van der Waals surface area contributed by atoms with Crippen LogP contribution in [0.2, 0.25) is 0 Å². The quantitative estimate of drug-likeness (QED) is 0.807. The van der Waals surface area contributed by atoms with Crippen LogP contribution in [0.25, 0.3) is 0 Å². The molecule has 3 heteroatoms. The first-order valence-electron chi connectivity index (χ1n) is 7.39. The maximum Gasteiger partial charge on any atom is 0.0235 e. The largest absolute Gasteiger partial charge is 0.328 e. The number of piperidine rings is 1. The van der Waals surface area contributed by atoms with Gasteiger partial charge >= 0.3 is 0 Å². The second-order valence-corrected chi connectivity index (χ2v) is 6.14. The molecule has 0 amide bonds. The summed E-state index contributed by atoms with van der Waals surface area (Å²) >= 11 is 0. The molecule has 2 rings (SSSR count). The molecule has 2 fully saturated rings. The molecule has 3 atom stereocenters. The third-order valence-corrected chi connectivity index (χ3v) is 4.60. The molecule has 100 valence electrons. The van der Waals surface area contributed by atoms with Gasteiger partial charge in [-0.3, -0.25) is 4.90 Å². The third kappa shape index (κ3) is 3.67. The Morgan fingerprint density at radius 3 is 2.47 bits per heavy atom. The van der Waals surface area contributed by atoms with Gasteiger partial charge < -0.3 is 10.6 Å². The predicted octanol–water partition coefficient (Wildman–Crippen LogP) is 1.53. The summed E-state index contributed by atoms with van der Waals surface area (Å²) in [4.78, 5) is 5.34. The van der Waals surface area contributed by atoms with Gasteiger partial charge in [0.25, 0.3) is 0 Å². The molecule has 3 unspecified atom stereocenters. The van der Waals surface area contributed by atoms with Gasteiger partial charge in [-0.25, -0.2) is 0 Å². The van der Waals surface area contributed by atoms with Crippen molar-refractivity contribution in [2.45, 2.75) is 51.6 Å². The summed E-state index contributed by atoms with van der Waals surface area (Å²) in [5.41, 5.74) is 5.95. The van der Waals surface area contributed by atoms with E-state index in [0.29, 0.717) is 12.0 Å². The maximum atomic E-state index is 5.95. The zero-order chi connectivity index (χ0) is 12.3. The summed E-state index contributed by atoms with van der Waals surface area (Å²) in [5, 5.41) is 0. The first-order chi connectivity index (χ1) is 8.16. The van der Waals surface area contributed by atoms with Gasteiger partial charge in [0.1, 0.15) is 0 Å². The zero-order valence-electron chi connectivity index (χ0n) is 11.6. The van der Waals surface area contributed by atoms with E-state index in [1.165, 1.54) is 58.4 Å². The lowest BCUT2D eigenvalue weighted by Crippen LogP contribution is -2.42. The lowest BCUT2D eigenvalue weighted by molar-refractivity contribution is 0.158. The fourth-order valence-corrected chi connectivity index (χ4v) is 3.13. The number of nitrogens with zero attached hydrogens (tertiary/aromatic N) is 2. The molecule has 0 aromatic heterocycles. The highest BCUT2D eigenvalue weighted by Crippen LogP contribution is 2.21. The predicted molar refractivity (Wildman–Crippen MR) is 73.1 cm³/mol. The van der Waals surface area contributed by atoms with Gasteiger partial charge in [0.2, 0.25) is 0 Å². The monoisotopic (exact) mass is 239 g/mol. The third-order valence-electron chi connectivity index (χ3n) is 4.60. The Kier molecular flexibility index (Phi) is 4.83. The highest BCUT2D eigenvalue weighted by molar-refractivity contribution is 4.86. The zero-order valence-corrected chi connectivity index (χ0v) is 11.6. The normalized spacial score (nSPS) is 31.6. The Morgan fingerprint density at radius 1 is 1.12 bits per heavy atom. The van der Waals surface area contributed by atoms with E-state index >= 15 is 0 Å². The van der Waals surface area contributed by atoms with Crippen molar-refractivity contribution in [2.75, 3.05) is 32.7 Å². The van der Waals surface area contributed by atoms with Crippen molar-refractivity contribution < 1.29 is 0 Å². The summed E-state index contributed by atoms with van der Waals surface area (Å²) in [5.74, 6) is 0.620. The molecule has 0 aromatic carbocycles. The molecule has 2 N–H and O–H groups in total. The molecule has 0 saturated carbocycles. The molecule has 0 radical (unpaired) electrons. The van der Waals surface area contributed by atoms with Crippen molar-refractivity contribution in [1.29, 1.82) is 0 Å². The number of likely N-dealkylation sites (tertiary alicyclic amines) is 2. The van der Waals surface area contributed by atoms with Gasteiger partial charge in [0.15, 0.2) is 0 Å². The second kappa shape index (κ2) is 6.17. The van der Waals surface area contributed by atoms with Gasteiger partial charge in [-0.1, -0.05) is 13.3 Å². The Hall–Kier alpha value is -0.120. The van der Waals surface area contributed by atoms with E-state index in [1.807, 2.05) is 0 Å². The van der Waals surface area contributed by atoms with Crippen molar-refractivity contribution in [2.24, 2.45) is 11.7 Å². The van der Waals surface area contributed by atoms with Crippen molar-refractivity contribution in [1.82, 2.24) is 9.80 Å². The van der Waals surface area contributed by atoms with Gasteiger partial charge in [-0.2, -0.15) is 0 Å². The molecule has 2 saturated heterocycles. The number of hydrogen-bond acceptors (Lipinski definition) is 3. The highest BCUT2D eigenvalue weighted by atomic mass is 15.3. The van der Waals surface area contributed by atoms with Crippen LogP contribution in [0.3, 0.4) is 0 Å². The van der Waals surface area contributed by atoms with Crippen LogP contribution in [0.4, 0.5) is 0 Å². The fraction of sp³-hybridized carbons (Fsp3) is 1.00. The Labute approximate surface area is 106 Å². The summed E-state index contributed by atoms with van der Waals surface area (Å²) in [6.45, 7) is 10.8. The standard InChI is InChI=1S/C14H29N3/c1-12(13(2)15)10-16-9-6-14(11-16)17-7-4-3-5-8-17/h12-14H,3-11,15H2,1-2H3. The van der Waals surface area contributed by atoms with Crippen LogP contribution in [0, 0.1) is 5.92 Å². The van der Waals surface area contributed by atoms with E-state index in [9.17, 15) is 0 Å². The summed E-state index contributed by atoms with van der Waals surface area (Å²) in [6.07, 6.45) is 5.62. The van der Waals surface area contributed by atoms with E-state index in [0.717, 1.165) is 6.04 Å². The summed E-state index contributed by atoms with van der Waals surface area (Å²) in [6, 6.07) is 1.15. The van der Waals surface area contributed by atoms with Crippen LogP contribution in [-0.4, -0.2) is 54.6 Å². The smallest absolute Gasteiger partial charge is 0.0235 e. The molecule has 3 nitrogen and oxygen atoms in total. The van der Waals surface area contributed by atoms with Crippen LogP contribution in [0.1, 0.15) is 39.5 Å². The van der Waals surface area contributed by atoms with Crippen molar-refractivity contribution in [3.8, 4) is 0 Å². The summed E-state index contributed by atoms with van der Waals surface area (Å²) < 4.78 is 0. The minimum Gasteiger partial charge on any atom is -0.328 e. The molecule has 0 aromatic rings. The molecule has 0 bridgehead atoms. The van der Waals surface area contributed by atoms with Crippen LogP contribution in [-0.2, 0) is 0 Å². The molecular formula is C14H29N3. The van der Waals surface area contributed by atoms with Crippen LogP contribution >= 0.6 is 0 Å². The van der Waals surface area contributed by atoms with Crippen LogP contribution in [0.15, 0.2) is 0 Å². The highest BCUT2D eigenvalue weighted by Gasteiger charge is 2.29. The number of nitrogens with two attached hydrogens (primary N) is 1. The Balaban J connectivity index is 1.74. The van der Waals surface area contributed by atoms with Gasteiger partial charge in [-0.15, -0.1) is 0 Å². The Bertz CT molecular complexity index is 224. The fourth-order valence-electron chi connectivity index (χ4n) is 3.13. The van der Waals surface area contributed by atoms with E-state index in [1.54, 1.807) is 0 Å². The molecular weight excluding hydrogens is 210 g/mol. The minimum atomic E-state index is 0.323. The SMILES string of the molecule is CC(N)C(C)CN1CCC(N2CCCCC2)C1. The van der Waals surface area contributed by atoms with E-state index in [-0.39, 0.29) is 0 Å². The van der Waals surface area contributed by atoms with E-state index < -0.39 is 0 Å². The van der Waals surface area contributed by atoms with Crippen molar-refractivity contribution >= 4 is 0 Å². The molecule has 2 heterocycles. The van der Waals surface area contributed by atoms with Crippen LogP contribution in [0.5, 0.6) is 0 Å². The maximum absolute atomic E-state index is 5.95. The lowest BCUT2D eigenvalue weighted by atomic mass is 10.0. The topological polar surface area (TPSA) is 32.5 Å². The molecule has 17 heavy (non-hydrogen) atoms. The average molecular weight is 239 g/mol. The van der Waals surface area contributed by atoms with Crippen molar-refractivity contribution in [3.05, 3.63) is 0 Å². The van der Waals surface area contributed by atoms with Gasteiger partial charge in [0.05, 0.1) is 0 Å².